The van der Waals surface area contributed by atoms with E-state index in [1.54, 1.807) is 0 Å². The number of hydrogen-bond donors (Lipinski definition) is 0. The van der Waals surface area contributed by atoms with Crippen LogP contribution in [0.3, 0.4) is 0 Å². The van der Waals surface area contributed by atoms with E-state index in [1.165, 1.54) is 29.2 Å². The summed E-state index contributed by atoms with van der Waals surface area (Å²) < 4.78 is 18.2. The van der Waals surface area contributed by atoms with Crippen molar-refractivity contribution in [2.75, 3.05) is 6.61 Å². The fourth-order valence-electron chi connectivity index (χ4n) is 6.34. The third-order valence-corrected chi connectivity index (χ3v) is 7.87. The summed E-state index contributed by atoms with van der Waals surface area (Å²) in [5.74, 6) is -1.01. The summed E-state index contributed by atoms with van der Waals surface area (Å²) in [6, 6.07) is 4.98. The van der Waals surface area contributed by atoms with Crippen molar-refractivity contribution < 1.29 is 28.3 Å². The summed E-state index contributed by atoms with van der Waals surface area (Å²) in [6.45, 7) is -0.375. The summed E-state index contributed by atoms with van der Waals surface area (Å²) in [5, 5.41) is 0. The Morgan fingerprint density at radius 3 is 2.06 bits per heavy atom. The molecule has 2 amide bonds. The molecule has 1 saturated heterocycles. The van der Waals surface area contributed by atoms with Crippen LogP contribution in [0.5, 0.6) is 0 Å². The lowest BCUT2D eigenvalue weighted by Crippen LogP contribution is -2.44. The Morgan fingerprint density at radius 2 is 1.48 bits per heavy atom. The maximum absolute atomic E-state index is 13.0. The van der Waals surface area contributed by atoms with Crippen LogP contribution in [-0.4, -0.2) is 41.1 Å². The lowest BCUT2D eigenvalue weighted by atomic mass is 9.81. The molecule has 3 aliphatic carbocycles. The van der Waals surface area contributed by atoms with Gasteiger partial charge in [0.15, 0.2) is 12.4 Å². The fourth-order valence-corrected chi connectivity index (χ4v) is 6.34. The highest BCUT2D eigenvalue weighted by Crippen LogP contribution is 2.56. The number of hydrogen-bond acceptors (Lipinski definition) is 5. The van der Waals surface area contributed by atoms with Gasteiger partial charge in [0.25, 0.3) is 0 Å². The number of carbonyl (C=O) groups excluding carboxylic acids is 4. The van der Waals surface area contributed by atoms with Gasteiger partial charge in [0, 0.05) is 11.6 Å². The molecule has 1 aromatic carbocycles. The Kier molecular flexibility index (Phi) is 5.15. The topological polar surface area (TPSA) is 80.8 Å². The van der Waals surface area contributed by atoms with Crippen molar-refractivity contribution in [1.29, 1.82) is 0 Å². The van der Waals surface area contributed by atoms with Crippen LogP contribution in [-0.2, 0) is 19.1 Å². The number of halogens is 1. The van der Waals surface area contributed by atoms with Gasteiger partial charge in [0.2, 0.25) is 11.8 Å². The Hall–Kier alpha value is -2.57. The summed E-state index contributed by atoms with van der Waals surface area (Å²) in [4.78, 5) is 52.0. The highest BCUT2D eigenvalue weighted by atomic mass is 19.1. The fraction of sp³-hybridized carbons (Fsp3) is 0.583. The zero-order valence-corrected chi connectivity index (χ0v) is 17.3. The molecule has 2 bridgehead atoms. The summed E-state index contributed by atoms with van der Waals surface area (Å²) in [7, 11) is 0. The van der Waals surface area contributed by atoms with Gasteiger partial charge in [-0.15, -0.1) is 0 Å². The van der Waals surface area contributed by atoms with Crippen LogP contribution < -0.4 is 0 Å². The number of rotatable bonds is 5. The van der Waals surface area contributed by atoms with Gasteiger partial charge in [-0.3, -0.25) is 24.1 Å². The van der Waals surface area contributed by atoms with Crippen LogP contribution in [0.15, 0.2) is 24.3 Å². The van der Waals surface area contributed by atoms with Crippen molar-refractivity contribution >= 4 is 23.6 Å². The van der Waals surface area contributed by atoms with Gasteiger partial charge in [-0.25, -0.2) is 4.39 Å². The van der Waals surface area contributed by atoms with E-state index in [0.29, 0.717) is 43.1 Å². The van der Waals surface area contributed by atoms with E-state index in [1.807, 2.05) is 0 Å². The van der Waals surface area contributed by atoms with Gasteiger partial charge >= 0.3 is 5.97 Å². The van der Waals surface area contributed by atoms with Crippen LogP contribution >= 0.6 is 0 Å². The quantitative estimate of drug-likeness (QED) is 0.410. The molecule has 0 N–H and O–H groups in total. The number of carbonyl (C=O) groups is 4. The highest BCUT2D eigenvalue weighted by Gasteiger charge is 2.61. The van der Waals surface area contributed by atoms with Crippen LogP contribution in [0.1, 0.15) is 55.3 Å². The number of esters is 1. The molecule has 7 heteroatoms. The van der Waals surface area contributed by atoms with E-state index in [2.05, 4.69) is 0 Å². The van der Waals surface area contributed by atoms with Gasteiger partial charge in [-0.05, 0) is 81.0 Å². The first-order valence-electron chi connectivity index (χ1n) is 11.3. The maximum Gasteiger partial charge on any atom is 0.309 e. The number of nitrogens with zero attached hydrogens (tertiary/aromatic N) is 1. The van der Waals surface area contributed by atoms with Crippen molar-refractivity contribution in [3.05, 3.63) is 35.6 Å². The van der Waals surface area contributed by atoms with E-state index >= 15 is 0 Å². The number of likely N-dealkylation sites (tertiary alicyclic amines) is 1. The monoisotopic (exact) mass is 427 g/mol. The van der Waals surface area contributed by atoms with Gasteiger partial charge in [0.05, 0.1) is 17.8 Å². The van der Waals surface area contributed by atoms with Gasteiger partial charge in [-0.1, -0.05) is 0 Å². The van der Waals surface area contributed by atoms with Crippen LogP contribution in [0, 0.1) is 35.4 Å². The summed E-state index contributed by atoms with van der Waals surface area (Å²) in [5.41, 5.74) is 0.295. The first-order chi connectivity index (χ1) is 14.9. The standard InChI is InChI=1S/C24H26FNO5/c25-17-7-3-13(4-8-17)19(27)12-31-24(30)14-5-9-18(10-6-14)26-22(28)20-15-1-2-16(11-15)21(20)23(26)29/h3-4,7-8,14-16,18,20-21H,1-2,5-6,9-12H2/t14?,15-,16-,18?,20+,21+/m1/s1. The zero-order valence-electron chi connectivity index (χ0n) is 17.3. The lowest BCUT2D eigenvalue weighted by Gasteiger charge is -2.33. The number of amides is 2. The minimum Gasteiger partial charge on any atom is -0.457 e. The normalized spacial score (nSPS) is 34.2. The van der Waals surface area contributed by atoms with E-state index < -0.39 is 11.8 Å². The van der Waals surface area contributed by atoms with E-state index in [-0.39, 0.29) is 48.0 Å². The van der Waals surface area contributed by atoms with Crippen molar-refractivity contribution in [1.82, 2.24) is 4.90 Å². The molecule has 6 nitrogen and oxygen atoms in total. The minimum absolute atomic E-state index is 0.0121. The second-order valence-electron chi connectivity index (χ2n) is 9.47. The van der Waals surface area contributed by atoms with Crippen LogP contribution in [0.25, 0.3) is 0 Å². The maximum atomic E-state index is 13.0. The Bertz CT molecular complexity index is 892. The molecule has 0 aromatic heterocycles. The Morgan fingerprint density at radius 1 is 0.903 bits per heavy atom. The molecular formula is C24H26FNO5. The second kappa shape index (κ2) is 7.84. The molecule has 0 radical (unpaired) electrons. The molecule has 164 valence electrons. The number of benzene rings is 1. The van der Waals surface area contributed by atoms with Crippen molar-refractivity contribution in [2.45, 2.75) is 51.0 Å². The lowest BCUT2D eigenvalue weighted by molar-refractivity contribution is -0.149. The van der Waals surface area contributed by atoms with E-state index in [4.69, 9.17) is 4.74 Å². The molecule has 0 spiro atoms. The smallest absolute Gasteiger partial charge is 0.309 e. The summed E-state index contributed by atoms with van der Waals surface area (Å²) >= 11 is 0. The van der Waals surface area contributed by atoms with Crippen molar-refractivity contribution in [3.63, 3.8) is 0 Å². The molecule has 1 aromatic rings. The Labute approximate surface area is 180 Å². The number of fused-ring (bicyclic) bond motifs is 5. The first kappa shape index (κ1) is 20.3. The summed E-state index contributed by atoms with van der Waals surface area (Å²) in [6.07, 6.45) is 5.41. The van der Waals surface area contributed by atoms with E-state index in [9.17, 15) is 23.6 Å². The second-order valence-corrected chi connectivity index (χ2v) is 9.47. The van der Waals surface area contributed by atoms with Crippen LogP contribution in [0.4, 0.5) is 4.39 Å². The molecule has 3 saturated carbocycles. The molecule has 0 unspecified atom stereocenters. The minimum atomic E-state index is -0.434. The van der Waals surface area contributed by atoms with Gasteiger partial charge in [-0.2, -0.15) is 0 Å². The molecule has 31 heavy (non-hydrogen) atoms. The molecule has 1 heterocycles. The average molecular weight is 427 g/mol. The Balaban J connectivity index is 1.13. The molecule has 1 aliphatic heterocycles. The van der Waals surface area contributed by atoms with Gasteiger partial charge in [0.1, 0.15) is 5.82 Å². The predicted octanol–water partition coefficient (Wildman–Crippen LogP) is 3.14. The first-order valence-corrected chi connectivity index (χ1v) is 11.3. The third-order valence-electron chi connectivity index (χ3n) is 7.87. The number of ketones is 1. The zero-order chi connectivity index (χ0) is 21.7. The molecular weight excluding hydrogens is 401 g/mol. The predicted molar refractivity (Wildman–Crippen MR) is 107 cm³/mol. The van der Waals surface area contributed by atoms with E-state index in [0.717, 1.165) is 19.3 Å². The average Bonchev–Trinajstić information content (AvgIpc) is 3.46. The van der Waals surface area contributed by atoms with Crippen LogP contribution in [0.2, 0.25) is 0 Å². The SMILES string of the molecule is O=C(COC(=O)C1CCC(N2C(=O)[C@H]3[C@@H]4CC[C@H](C4)[C@@H]3C2=O)CC1)c1ccc(F)cc1. The third kappa shape index (κ3) is 3.48. The molecule has 4 fully saturated rings. The largest absolute Gasteiger partial charge is 0.457 e. The number of imide groups is 1. The molecule has 4 aliphatic rings. The molecule has 5 rings (SSSR count). The van der Waals surface area contributed by atoms with Crippen molar-refractivity contribution in [3.8, 4) is 0 Å². The number of ether oxygens (including phenoxy) is 1. The number of Topliss-reactive ketones (excluding diaryl/α,β-unsaturated/α-hetero) is 1. The molecule has 4 atom stereocenters. The van der Waals surface area contributed by atoms with Gasteiger partial charge < -0.3 is 4.74 Å². The highest BCUT2D eigenvalue weighted by molar-refractivity contribution is 6.06. The van der Waals surface area contributed by atoms with Crippen molar-refractivity contribution in [2.24, 2.45) is 29.6 Å².